The van der Waals surface area contributed by atoms with Crippen LogP contribution in [0.4, 0.5) is 0 Å². The lowest BCUT2D eigenvalue weighted by Crippen LogP contribution is -2.09. The highest BCUT2D eigenvalue weighted by Gasteiger charge is 2.16. The lowest BCUT2D eigenvalue weighted by Gasteiger charge is -2.08. The molecule has 5 nitrogen and oxygen atoms in total. The van der Waals surface area contributed by atoms with Gasteiger partial charge in [0.15, 0.2) is 5.78 Å². The molecule has 0 unspecified atom stereocenters. The maximum atomic E-state index is 12.4. The zero-order chi connectivity index (χ0) is 16.8. The van der Waals surface area contributed by atoms with Crippen molar-refractivity contribution in [2.24, 2.45) is 0 Å². The van der Waals surface area contributed by atoms with E-state index in [4.69, 9.17) is 14.7 Å². The van der Waals surface area contributed by atoms with Crippen molar-refractivity contribution in [3.8, 4) is 11.8 Å². The van der Waals surface area contributed by atoms with Crippen LogP contribution in [0.2, 0.25) is 0 Å². The van der Waals surface area contributed by atoms with Gasteiger partial charge < -0.3 is 9.47 Å². The summed E-state index contributed by atoms with van der Waals surface area (Å²) in [5.41, 5.74) is 2.52. The Bertz CT molecular complexity index is 787. The standard InChI is InChI=1S/C17H16N2O3S/c1-11-10-23-17(19-11)14(15(20)9-21-2)7-13-5-4-12(8-18)6-16(13)22-3/h4-7,10H,9H2,1-3H3/b14-7+. The number of thiazole rings is 1. The maximum Gasteiger partial charge on any atom is 0.191 e. The van der Waals surface area contributed by atoms with Gasteiger partial charge >= 0.3 is 0 Å². The first kappa shape index (κ1) is 16.9. The Hall–Kier alpha value is -2.49. The van der Waals surface area contributed by atoms with Crippen molar-refractivity contribution in [3.63, 3.8) is 0 Å². The first-order chi connectivity index (χ1) is 11.1. The van der Waals surface area contributed by atoms with Crippen LogP contribution in [-0.2, 0) is 9.53 Å². The molecule has 0 spiro atoms. The van der Waals surface area contributed by atoms with Crippen LogP contribution in [0.5, 0.6) is 5.75 Å². The summed E-state index contributed by atoms with van der Waals surface area (Å²) >= 11 is 1.40. The molecule has 6 heteroatoms. The van der Waals surface area contributed by atoms with Gasteiger partial charge in [0.25, 0.3) is 0 Å². The molecule has 0 aliphatic carbocycles. The van der Waals surface area contributed by atoms with Crippen molar-refractivity contribution in [3.05, 3.63) is 45.4 Å². The highest BCUT2D eigenvalue weighted by molar-refractivity contribution is 7.11. The average Bonchev–Trinajstić information content (AvgIpc) is 2.98. The lowest BCUT2D eigenvalue weighted by atomic mass is 10.1. The third-order valence-corrected chi connectivity index (χ3v) is 4.08. The number of hydrogen-bond donors (Lipinski definition) is 0. The average molecular weight is 328 g/mol. The third kappa shape index (κ3) is 4.03. The second-order valence-electron chi connectivity index (χ2n) is 4.78. The molecular formula is C17H16N2O3S. The summed E-state index contributed by atoms with van der Waals surface area (Å²) in [6.07, 6.45) is 1.72. The van der Waals surface area contributed by atoms with Gasteiger partial charge in [0, 0.05) is 23.7 Å². The number of aromatic nitrogens is 1. The van der Waals surface area contributed by atoms with Crippen molar-refractivity contribution in [2.45, 2.75) is 6.92 Å². The summed E-state index contributed by atoms with van der Waals surface area (Å²) in [5, 5.41) is 11.5. The Balaban J connectivity index is 2.53. The molecule has 0 N–H and O–H groups in total. The van der Waals surface area contributed by atoms with Crippen LogP contribution in [0.3, 0.4) is 0 Å². The number of ketones is 1. The van der Waals surface area contributed by atoms with Crippen LogP contribution >= 0.6 is 11.3 Å². The first-order valence-electron chi connectivity index (χ1n) is 6.83. The zero-order valence-corrected chi connectivity index (χ0v) is 13.9. The second-order valence-corrected chi connectivity index (χ2v) is 5.63. The summed E-state index contributed by atoms with van der Waals surface area (Å²) < 4.78 is 10.3. The normalized spacial score (nSPS) is 11.1. The second kappa shape index (κ2) is 7.68. The predicted molar refractivity (Wildman–Crippen MR) is 89.3 cm³/mol. The fraction of sp³-hybridized carbons (Fsp3) is 0.235. The van der Waals surface area contributed by atoms with E-state index in [0.29, 0.717) is 27.5 Å². The van der Waals surface area contributed by atoms with E-state index in [0.717, 1.165) is 5.69 Å². The lowest BCUT2D eigenvalue weighted by molar-refractivity contribution is -0.117. The molecule has 0 atom stereocenters. The van der Waals surface area contributed by atoms with Crippen LogP contribution in [0.15, 0.2) is 23.6 Å². The Labute approximate surface area is 138 Å². The fourth-order valence-electron chi connectivity index (χ4n) is 2.00. The van der Waals surface area contributed by atoms with E-state index in [1.54, 1.807) is 24.3 Å². The van der Waals surface area contributed by atoms with Crippen LogP contribution < -0.4 is 4.74 Å². The number of rotatable bonds is 6. The molecule has 2 aromatic rings. The van der Waals surface area contributed by atoms with Crippen molar-refractivity contribution in [2.75, 3.05) is 20.8 Å². The number of Topliss-reactive ketones (excluding diaryl/α,β-unsaturated/α-hetero) is 1. The minimum Gasteiger partial charge on any atom is -0.496 e. The molecule has 0 fully saturated rings. The van der Waals surface area contributed by atoms with E-state index < -0.39 is 0 Å². The molecule has 0 aliphatic rings. The molecule has 0 saturated carbocycles. The largest absolute Gasteiger partial charge is 0.496 e. The van der Waals surface area contributed by atoms with E-state index in [2.05, 4.69) is 11.1 Å². The van der Waals surface area contributed by atoms with Gasteiger partial charge in [-0.05, 0) is 31.2 Å². The van der Waals surface area contributed by atoms with Crippen molar-refractivity contribution in [1.82, 2.24) is 4.98 Å². The van der Waals surface area contributed by atoms with Gasteiger partial charge in [-0.15, -0.1) is 11.3 Å². The van der Waals surface area contributed by atoms with Gasteiger partial charge in [0.05, 0.1) is 24.3 Å². The molecule has 0 saturated heterocycles. The van der Waals surface area contributed by atoms with E-state index in [9.17, 15) is 4.79 Å². The fourth-order valence-corrected chi connectivity index (χ4v) is 2.83. The Morgan fingerprint density at radius 3 is 2.78 bits per heavy atom. The molecule has 0 amide bonds. The molecule has 1 aromatic heterocycles. The first-order valence-corrected chi connectivity index (χ1v) is 7.71. The predicted octanol–water partition coefficient (Wildman–Crippen LogP) is 3.09. The number of hydrogen-bond acceptors (Lipinski definition) is 6. The van der Waals surface area contributed by atoms with Gasteiger partial charge in [-0.3, -0.25) is 4.79 Å². The summed E-state index contributed by atoms with van der Waals surface area (Å²) in [6.45, 7) is 1.85. The summed E-state index contributed by atoms with van der Waals surface area (Å²) in [5.74, 6) is 0.369. The Kier molecular flexibility index (Phi) is 5.63. The van der Waals surface area contributed by atoms with Gasteiger partial charge in [-0.2, -0.15) is 5.26 Å². The molecule has 1 heterocycles. The van der Waals surface area contributed by atoms with E-state index >= 15 is 0 Å². The molecule has 23 heavy (non-hydrogen) atoms. The topological polar surface area (TPSA) is 72.2 Å². The maximum absolute atomic E-state index is 12.4. The summed E-state index contributed by atoms with van der Waals surface area (Å²) in [7, 11) is 3.00. The quantitative estimate of drug-likeness (QED) is 0.762. The van der Waals surface area contributed by atoms with E-state index in [1.807, 2.05) is 12.3 Å². The van der Waals surface area contributed by atoms with Crippen LogP contribution in [0.25, 0.3) is 11.6 Å². The van der Waals surface area contributed by atoms with Crippen LogP contribution in [0.1, 0.15) is 21.8 Å². The number of benzene rings is 1. The smallest absolute Gasteiger partial charge is 0.191 e. The van der Waals surface area contributed by atoms with E-state index in [1.165, 1.54) is 25.6 Å². The number of carbonyl (C=O) groups is 1. The summed E-state index contributed by atoms with van der Waals surface area (Å²) in [4.78, 5) is 16.7. The monoisotopic (exact) mass is 328 g/mol. The number of ether oxygens (including phenoxy) is 2. The highest BCUT2D eigenvalue weighted by atomic mass is 32.1. The van der Waals surface area contributed by atoms with Crippen LogP contribution in [-0.4, -0.2) is 31.6 Å². The van der Waals surface area contributed by atoms with Gasteiger partial charge in [-0.25, -0.2) is 4.98 Å². The molecular weight excluding hydrogens is 312 g/mol. The number of nitrogens with zero attached hydrogens (tertiary/aromatic N) is 2. The minimum absolute atomic E-state index is 0.0247. The third-order valence-electron chi connectivity index (χ3n) is 3.09. The van der Waals surface area contributed by atoms with E-state index in [-0.39, 0.29) is 12.4 Å². The molecule has 0 aliphatic heterocycles. The molecule has 0 bridgehead atoms. The molecule has 0 radical (unpaired) electrons. The Morgan fingerprint density at radius 2 is 2.22 bits per heavy atom. The van der Waals surface area contributed by atoms with Crippen molar-refractivity contribution < 1.29 is 14.3 Å². The SMILES string of the molecule is COCC(=O)/C(=C\c1ccc(C#N)cc1OC)c1nc(C)cs1. The Morgan fingerprint density at radius 1 is 1.43 bits per heavy atom. The molecule has 118 valence electrons. The number of methoxy groups -OCH3 is 2. The van der Waals surface area contributed by atoms with Crippen LogP contribution in [0, 0.1) is 18.3 Å². The summed E-state index contributed by atoms with van der Waals surface area (Å²) in [6, 6.07) is 7.13. The van der Waals surface area contributed by atoms with Gasteiger partial charge in [0.1, 0.15) is 17.4 Å². The highest BCUT2D eigenvalue weighted by Crippen LogP contribution is 2.28. The number of aryl methyl sites for hydroxylation is 1. The van der Waals surface area contributed by atoms with Gasteiger partial charge in [0.2, 0.25) is 0 Å². The van der Waals surface area contributed by atoms with Crippen molar-refractivity contribution in [1.29, 1.82) is 5.26 Å². The number of carbonyl (C=O) groups excluding carboxylic acids is 1. The molecule has 1 aromatic carbocycles. The zero-order valence-electron chi connectivity index (χ0n) is 13.1. The molecule has 2 rings (SSSR count). The van der Waals surface area contributed by atoms with Crippen molar-refractivity contribution >= 4 is 28.8 Å². The minimum atomic E-state index is -0.159. The number of nitriles is 1. The van der Waals surface area contributed by atoms with Gasteiger partial charge in [-0.1, -0.05) is 0 Å².